The van der Waals surface area contributed by atoms with Gasteiger partial charge in [-0.1, -0.05) is 22.9 Å². The molecule has 1 aromatic rings. The summed E-state index contributed by atoms with van der Waals surface area (Å²) < 4.78 is 1.10. The fraction of sp³-hybridized carbons (Fsp3) is 0.562. The fourth-order valence-corrected chi connectivity index (χ4v) is 3.22. The highest BCUT2D eigenvalue weighted by atomic mass is 79.9. The van der Waals surface area contributed by atoms with Crippen LogP contribution in [0.2, 0.25) is 0 Å². The average molecular weight is 354 g/mol. The van der Waals surface area contributed by atoms with E-state index < -0.39 is 0 Å². The Bertz CT molecular complexity index is 484. The van der Waals surface area contributed by atoms with Crippen molar-refractivity contribution in [2.24, 2.45) is 11.7 Å². The number of benzene rings is 1. The van der Waals surface area contributed by atoms with Crippen molar-refractivity contribution in [1.29, 1.82) is 0 Å². The highest BCUT2D eigenvalue weighted by Gasteiger charge is 2.24. The highest BCUT2D eigenvalue weighted by molar-refractivity contribution is 9.10. The maximum atomic E-state index is 11.3. The van der Waals surface area contributed by atoms with E-state index in [9.17, 15) is 4.79 Å². The monoisotopic (exact) mass is 353 g/mol. The maximum Gasteiger partial charge on any atom is 0.220 e. The Morgan fingerprint density at radius 3 is 2.76 bits per heavy atom. The van der Waals surface area contributed by atoms with Crippen LogP contribution in [0.1, 0.15) is 31.7 Å². The summed E-state index contributed by atoms with van der Waals surface area (Å²) in [6.07, 6.45) is 2.84. The molecule has 0 atom stereocenters. The summed E-state index contributed by atoms with van der Waals surface area (Å²) >= 11 is 3.55. The second-order valence-corrected chi connectivity index (χ2v) is 6.53. The predicted octanol–water partition coefficient (Wildman–Crippen LogP) is 2.65. The lowest BCUT2D eigenvalue weighted by Crippen LogP contribution is -2.39. The van der Waals surface area contributed by atoms with Gasteiger partial charge >= 0.3 is 0 Å². The number of nitrogens with one attached hydrogen (secondary N) is 1. The Labute approximate surface area is 135 Å². The van der Waals surface area contributed by atoms with E-state index in [2.05, 4.69) is 51.3 Å². The number of amides is 1. The van der Waals surface area contributed by atoms with Crippen LogP contribution in [-0.4, -0.2) is 25.5 Å². The van der Waals surface area contributed by atoms with Crippen LogP contribution in [0.5, 0.6) is 0 Å². The van der Waals surface area contributed by atoms with E-state index in [0.29, 0.717) is 0 Å². The molecule has 3 N–H and O–H groups in total. The molecule has 21 heavy (non-hydrogen) atoms. The summed E-state index contributed by atoms with van der Waals surface area (Å²) in [5.74, 6) is -0.117. The molecule has 5 heteroatoms. The Morgan fingerprint density at radius 1 is 1.43 bits per heavy atom. The summed E-state index contributed by atoms with van der Waals surface area (Å²) in [7, 11) is 0. The molecule has 4 nitrogen and oxygen atoms in total. The Hall–Kier alpha value is -1.07. The summed E-state index contributed by atoms with van der Waals surface area (Å²) in [5, 5.41) is 3.46. The number of halogens is 1. The lowest BCUT2D eigenvalue weighted by atomic mass is 9.95. The number of anilines is 1. The van der Waals surface area contributed by atoms with Crippen molar-refractivity contribution in [3.63, 3.8) is 0 Å². The maximum absolute atomic E-state index is 11.3. The third-order valence-corrected chi connectivity index (χ3v) is 4.52. The molecule has 1 saturated heterocycles. The number of primary amides is 1. The van der Waals surface area contributed by atoms with Crippen LogP contribution in [-0.2, 0) is 11.3 Å². The van der Waals surface area contributed by atoms with Crippen molar-refractivity contribution >= 4 is 27.5 Å². The molecule has 0 saturated carbocycles. The van der Waals surface area contributed by atoms with E-state index >= 15 is 0 Å². The first-order valence-electron chi connectivity index (χ1n) is 7.65. The van der Waals surface area contributed by atoms with Gasteiger partial charge in [-0.25, -0.2) is 0 Å². The van der Waals surface area contributed by atoms with Crippen molar-refractivity contribution in [1.82, 2.24) is 5.32 Å². The average Bonchev–Trinajstić information content (AvgIpc) is 2.48. The van der Waals surface area contributed by atoms with Crippen molar-refractivity contribution < 1.29 is 4.79 Å². The Morgan fingerprint density at radius 2 is 2.14 bits per heavy atom. The molecule has 1 aromatic carbocycles. The van der Waals surface area contributed by atoms with Crippen LogP contribution in [0.3, 0.4) is 0 Å². The third kappa shape index (κ3) is 4.45. The minimum Gasteiger partial charge on any atom is -0.371 e. The Kier molecular flexibility index (Phi) is 6.06. The highest BCUT2D eigenvalue weighted by Crippen LogP contribution is 2.28. The van der Waals surface area contributed by atoms with Gasteiger partial charge in [0.1, 0.15) is 0 Å². The van der Waals surface area contributed by atoms with Gasteiger partial charge in [-0.15, -0.1) is 0 Å². The number of carbonyl (C=O) groups excluding carboxylic acids is 1. The van der Waals surface area contributed by atoms with Gasteiger partial charge in [-0.3, -0.25) is 4.79 Å². The number of piperidine rings is 1. The number of nitrogens with zero attached hydrogens (tertiary/aromatic N) is 1. The standard InChI is InChI=1S/C16H24BrN3O/c1-2-7-19-11-13-10-14(17)3-4-15(13)20-8-5-12(6-9-20)16(18)21/h3-4,10,12,19H,2,5-9,11H2,1H3,(H2,18,21). The molecule has 2 rings (SSSR count). The molecular formula is C16H24BrN3O. The van der Waals surface area contributed by atoms with Gasteiger partial charge in [-0.05, 0) is 49.6 Å². The minimum atomic E-state index is -0.157. The second-order valence-electron chi connectivity index (χ2n) is 5.61. The molecule has 1 aliphatic rings. The number of hydrogen-bond donors (Lipinski definition) is 2. The van der Waals surface area contributed by atoms with E-state index in [4.69, 9.17) is 5.73 Å². The first-order valence-corrected chi connectivity index (χ1v) is 8.44. The molecule has 1 heterocycles. The molecule has 0 aliphatic carbocycles. The molecule has 1 fully saturated rings. The number of nitrogens with two attached hydrogens (primary N) is 1. The van der Waals surface area contributed by atoms with Crippen LogP contribution in [0.25, 0.3) is 0 Å². The quantitative estimate of drug-likeness (QED) is 0.773. The molecular weight excluding hydrogens is 330 g/mol. The predicted molar refractivity (Wildman–Crippen MR) is 90.3 cm³/mol. The number of hydrogen-bond acceptors (Lipinski definition) is 3. The third-order valence-electron chi connectivity index (χ3n) is 4.02. The van der Waals surface area contributed by atoms with E-state index in [1.54, 1.807) is 0 Å². The zero-order valence-electron chi connectivity index (χ0n) is 12.6. The van der Waals surface area contributed by atoms with Crippen LogP contribution >= 0.6 is 15.9 Å². The van der Waals surface area contributed by atoms with Gasteiger partial charge in [0, 0.05) is 35.7 Å². The largest absolute Gasteiger partial charge is 0.371 e. The summed E-state index contributed by atoms with van der Waals surface area (Å²) in [6.45, 7) is 5.86. The van der Waals surface area contributed by atoms with E-state index in [1.807, 2.05) is 0 Å². The normalized spacial score (nSPS) is 16.2. The molecule has 0 unspecified atom stereocenters. The second kappa shape index (κ2) is 7.80. The molecule has 1 aliphatic heterocycles. The summed E-state index contributed by atoms with van der Waals surface area (Å²) in [6, 6.07) is 6.43. The van der Waals surface area contributed by atoms with Crippen molar-refractivity contribution in [2.75, 3.05) is 24.5 Å². The first kappa shape index (κ1) is 16.3. The molecule has 0 spiro atoms. The van der Waals surface area contributed by atoms with Crippen LogP contribution in [0, 0.1) is 5.92 Å². The fourth-order valence-electron chi connectivity index (χ4n) is 2.81. The zero-order valence-corrected chi connectivity index (χ0v) is 14.2. The van der Waals surface area contributed by atoms with Gasteiger partial charge in [0.2, 0.25) is 5.91 Å². The SMILES string of the molecule is CCCNCc1cc(Br)ccc1N1CCC(C(N)=O)CC1. The molecule has 0 radical (unpaired) electrons. The summed E-state index contributed by atoms with van der Waals surface area (Å²) in [4.78, 5) is 13.6. The minimum absolute atomic E-state index is 0.0402. The number of rotatable bonds is 6. The molecule has 1 amide bonds. The number of carbonyl (C=O) groups is 1. The van der Waals surface area contributed by atoms with E-state index in [0.717, 1.165) is 49.9 Å². The van der Waals surface area contributed by atoms with Crippen LogP contribution in [0.4, 0.5) is 5.69 Å². The van der Waals surface area contributed by atoms with Crippen molar-refractivity contribution in [3.8, 4) is 0 Å². The summed E-state index contributed by atoms with van der Waals surface area (Å²) in [5.41, 5.74) is 7.98. The van der Waals surface area contributed by atoms with E-state index in [1.165, 1.54) is 11.3 Å². The van der Waals surface area contributed by atoms with Gasteiger partial charge in [0.05, 0.1) is 0 Å². The smallest absolute Gasteiger partial charge is 0.220 e. The van der Waals surface area contributed by atoms with Gasteiger partial charge in [-0.2, -0.15) is 0 Å². The first-order chi connectivity index (χ1) is 10.1. The van der Waals surface area contributed by atoms with Crippen LogP contribution in [0.15, 0.2) is 22.7 Å². The molecule has 116 valence electrons. The topological polar surface area (TPSA) is 58.4 Å². The van der Waals surface area contributed by atoms with Gasteiger partial charge in [0.15, 0.2) is 0 Å². The van der Waals surface area contributed by atoms with Crippen molar-refractivity contribution in [3.05, 3.63) is 28.2 Å². The van der Waals surface area contributed by atoms with Crippen LogP contribution < -0.4 is 16.0 Å². The lowest BCUT2D eigenvalue weighted by Gasteiger charge is -2.33. The van der Waals surface area contributed by atoms with Gasteiger partial charge in [0.25, 0.3) is 0 Å². The zero-order chi connectivity index (χ0) is 15.2. The van der Waals surface area contributed by atoms with Crippen molar-refractivity contribution in [2.45, 2.75) is 32.7 Å². The van der Waals surface area contributed by atoms with E-state index in [-0.39, 0.29) is 11.8 Å². The molecule has 0 bridgehead atoms. The molecule has 0 aromatic heterocycles. The Balaban J connectivity index is 2.06. The lowest BCUT2D eigenvalue weighted by molar-refractivity contribution is -0.122. The van der Waals surface area contributed by atoms with Gasteiger partial charge < -0.3 is 16.0 Å².